The summed E-state index contributed by atoms with van der Waals surface area (Å²) in [5, 5.41) is 0.587. The van der Waals surface area contributed by atoms with Crippen LogP contribution in [0.15, 0.2) is 42.5 Å². The summed E-state index contributed by atoms with van der Waals surface area (Å²) in [6.45, 7) is 0. The second-order valence-corrected chi connectivity index (χ2v) is 5.67. The van der Waals surface area contributed by atoms with Gasteiger partial charge in [-0.15, -0.1) is 0 Å². The van der Waals surface area contributed by atoms with E-state index in [0.29, 0.717) is 5.02 Å². The van der Waals surface area contributed by atoms with Gasteiger partial charge in [0, 0.05) is 23.2 Å². The van der Waals surface area contributed by atoms with Gasteiger partial charge in [0.05, 0.1) is 17.8 Å². The number of benzene rings is 2. The Morgan fingerprint density at radius 2 is 1.67 bits per heavy atom. The Morgan fingerprint density at radius 3 is 2.29 bits per heavy atom. The summed E-state index contributed by atoms with van der Waals surface area (Å²) in [5.41, 5.74) is 0.636. The lowest BCUT2D eigenvalue weighted by atomic mass is 10.0. The molecule has 0 aliphatic rings. The predicted molar refractivity (Wildman–Crippen MR) is 91.8 cm³/mol. The molecular weight excluding hydrogens is 353 g/mol. The van der Waals surface area contributed by atoms with Crippen LogP contribution < -0.4 is 4.90 Å². The fourth-order valence-electron chi connectivity index (χ4n) is 2.11. The molecule has 124 valence electrons. The lowest BCUT2D eigenvalue weighted by molar-refractivity contribution is -0.151. The average molecular weight is 366 g/mol. The summed E-state index contributed by atoms with van der Waals surface area (Å²) in [6, 6.07) is 10.9. The van der Waals surface area contributed by atoms with Crippen molar-refractivity contribution in [3.8, 4) is 0 Å². The van der Waals surface area contributed by atoms with Gasteiger partial charge in [-0.1, -0.05) is 35.3 Å². The Labute approximate surface area is 148 Å². The van der Waals surface area contributed by atoms with Crippen LogP contribution in [-0.4, -0.2) is 31.8 Å². The van der Waals surface area contributed by atoms with E-state index in [1.807, 2.05) is 0 Å². The quantitative estimate of drug-likeness (QED) is 0.475. The molecule has 0 aliphatic carbocycles. The van der Waals surface area contributed by atoms with Crippen LogP contribution >= 0.6 is 23.2 Å². The van der Waals surface area contributed by atoms with E-state index >= 15 is 0 Å². The third-order valence-corrected chi connectivity index (χ3v) is 3.91. The number of carbonyl (C=O) groups excluding carboxylic acids is 3. The monoisotopic (exact) mass is 365 g/mol. The molecule has 0 bridgehead atoms. The number of hydrogen-bond acceptors (Lipinski definition) is 4. The predicted octanol–water partition coefficient (Wildman–Crippen LogP) is 3.36. The van der Waals surface area contributed by atoms with Crippen LogP contribution in [0.2, 0.25) is 10.0 Å². The molecule has 0 fully saturated rings. The molecule has 0 saturated carbocycles. The number of halogens is 2. The largest absolute Gasteiger partial charge is 0.462 e. The van der Waals surface area contributed by atoms with Crippen molar-refractivity contribution in [2.75, 3.05) is 19.1 Å². The number of anilines is 1. The van der Waals surface area contributed by atoms with Crippen LogP contribution in [-0.2, 0) is 14.3 Å². The van der Waals surface area contributed by atoms with E-state index in [4.69, 9.17) is 23.2 Å². The fourth-order valence-corrected chi connectivity index (χ4v) is 2.50. The Balaban J connectivity index is 2.53. The van der Waals surface area contributed by atoms with Crippen molar-refractivity contribution in [1.29, 1.82) is 0 Å². The molecule has 2 aromatic carbocycles. The molecule has 0 heterocycles. The molecule has 0 unspecified atom stereocenters. The number of hydrogen-bond donors (Lipinski definition) is 0. The molecule has 0 atom stereocenters. The lowest BCUT2D eigenvalue weighted by Gasteiger charge is -2.19. The summed E-state index contributed by atoms with van der Waals surface area (Å²) >= 11 is 12.0. The first-order valence-corrected chi connectivity index (χ1v) is 7.57. The van der Waals surface area contributed by atoms with E-state index in [2.05, 4.69) is 4.74 Å². The molecule has 0 spiro atoms. The zero-order valence-electron chi connectivity index (χ0n) is 12.9. The SMILES string of the molecule is COC(=O)C(=O)N(C)c1ccc(Cl)cc1C(=O)c1ccccc1Cl. The number of amides is 1. The number of esters is 1. The van der Waals surface area contributed by atoms with E-state index in [-0.39, 0.29) is 21.8 Å². The molecule has 24 heavy (non-hydrogen) atoms. The maximum Gasteiger partial charge on any atom is 0.397 e. The average Bonchev–Trinajstić information content (AvgIpc) is 2.59. The second-order valence-electron chi connectivity index (χ2n) is 4.83. The normalized spacial score (nSPS) is 10.2. The van der Waals surface area contributed by atoms with Crippen LogP contribution in [0.25, 0.3) is 0 Å². The highest BCUT2D eigenvalue weighted by molar-refractivity contribution is 6.39. The molecular formula is C17H13Cl2NO4. The van der Waals surface area contributed by atoms with Gasteiger partial charge in [-0.2, -0.15) is 0 Å². The number of rotatable bonds is 3. The van der Waals surface area contributed by atoms with Gasteiger partial charge in [-0.05, 0) is 30.3 Å². The van der Waals surface area contributed by atoms with Gasteiger partial charge in [0.1, 0.15) is 0 Å². The molecule has 0 saturated heterocycles. The molecule has 2 aromatic rings. The fraction of sp³-hybridized carbons (Fsp3) is 0.118. The van der Waals surface area contributed by atoms with E-state index in [9.17, 15) is 14.4 Å². The molecule has 1 amide bonds. The molecule has 0 N–H and O–H groups in total. The third-order valence-electron chi connectivity index (χ3n) is 3.35. The molecule has 0 aliphatic heterocycles. The van der Waals surface area contributed by atoms with Gasteiger partial charge in [0.2, 0.25) is 0 Å². The Morgan fingerprint density at radius 1 is 1.00 bits per heavy atom. The van der Waals surface area contributed by atoms with Crippen molar-refractivity contribution in [1.82, 2.24) is 0 Å². The minimum absolute atomic E-state index is 0.148. The molecule has 2 rings (SSSR count). The number of methoxy groups -OCH3 is 1. The number of carbonyl (C=O) groups is 3. The number of ether oxygens (including phenoxy) is 1. The number of ketones is 1. The highest BCUT2D eigenvalue weighted by Crippen LogP contribution is 2.28. The summed E-state index contributed by atoms with van der Waals surface area (Å²) in [7, 11) is 2.47. The number of nitrogens with zero attached hydrogens (tertiary/aromatic N) is 1. The standard InChI is InChI=1S/C17H13Cl2NO4/c1-20(16(22)17(23)24-2)14-8-7-10(18)9-12(14)15(21)11-5-3-4-6-13(11)19/h3-9H,1-2H3. The Bertz CT molecular complexity index is 820. The van der Waals surface area contributed by atoms with Gasteiger partial charge < -0.3 is 9.64 Å². The zero-order chi connectivity index (χ0) is 17.9. The van der Waals surface area contributed by atoms with Gasteiger partial charge in [-0.3, -0.25) is 9.59 Å². The van der Waals surface area contributed by atoms with Crippen molar-refractivity contribution in [3.05, 3.63) is 63.6 Å². The van der Waals surface area contributed by atoms with Crippen LogP contribution in [0.5, 0.6) is 0 Å². The van der Waals surface area contributed by atoms with Gasteiger partial charge in [0.15, 0.2) is 5.78 Å². The first-order valence-electron chi connectivity index (χ1n) is 6.81. The Kier molecular flexibility index (Phi) is 5.59. The van der Waals surface area contributed by atoms with E-state index in [1.54, 1.807) is 24.3 Å². The van der Waals surface area contributed by atoms with Crippen LogP contribution in [0.1, 0.15) is 15.9 Å². The molecule has 7 heteroatoms. The van der Waals surface area contributed by atoms with Crippen LogP contribution in [0.3, 0.4) is 0 Å². The highest BCUT2D eigenvalue weighted by Gasteiger charge is 2.25. The van der Waals surface area contributed by atoms with Gasteiger partial charge in [0.25, 0.3) is 0 Å². The minimum atomic E-state index is -1.04. The summed E-state index contributed by atoms with van der Waals surface area (Å²) < 4.78 is 4.42. The maximum absolute atomic E-state index is 12.8. The van der Waals surface area contributed by atoms with Gasteiger partial charge in [-0.25, -0.2) is 4.79 Å². The van der Waals surface area contributed by atoms with E-state index in [0.717, 1.165) is 12.0 Å². The van der Waals surface area contributed by atoms with Crippen molar-refractivity contribution in [3.63, 3.8) is 0 Å². The van der Waals surface area contributed by atoms with Crippen LogP contribution in [0.4, 0.5) is 5.69 Å². The van der Waals surface area contributed by atoms with Crippen molar-refractivity contribution in [2.45, 2.75) is 0 Å². The molecule has 5 nitrogen and oxygen atoms in total. The lowest BCUT2D eigenvalue weighted by Crippen LogP contribution is -2.35. The van der Waals surface area contributed by atoms with Crippen LogP contribution in [0, 0.1) is 0 Å². The van der Waals surface area contributed by atoms with Crippen molar-refractivity contribution in [2.24, 2.45) is 0 Å². The molecule has 0 aromatic heterocycles. The minimum Gasteiger partial charge on any atom is -0.462 e. The topological polar surface area (TPSA) is 63.7 Å². The summed E-state index contributed by atoms with van der Waals surface area (Å²) in [4.78, 5) is 37.3. The highest BCUT2D eigenvalue weighted by atomic mass is 35.5. The first-order chi connectivity index (χ1) is 11.4. The Hall–Kier alpha value is -2.37. The summed E-state index contributed by atoms with van der Waals surface area (Å²) in [5.74, 6) is -2.36. The molecule has 0 radical (unpaired) electrons. The second kappa shape index (κ2) is 7.47. The smallest absolute Gasteiger partial charge is 0.397 e. The van der Waals surface area contributed by atoms with Crippen molar-refractivity contribution < 1.29 is 19.1 Å². The van der Waals surface area contributed by atoms with Gasteiger partial charge >= 0.3 is 11.9 Å². The third kappa shape index (κ3) is 3.58. The van der Waals surface area contributed by atoms with Crippen molar-refractivity contribution >= 4 is 46.5 Å². The van der Waals surface area contributed by atoms with E-state index in [1.165, 1.54) is 25.2 Å². The first kappa shape index (κ1) is 18.0. The maximum atomic E-state index is 12.8. The van der Waals surface area contributed by atoms with E-state index < -0.39 is 17.7 Å². The summed E-state index contributed by atoms with van der Waals surface area (Å²) in [6.07, 6.45) is 0. The zero-order valence-corrected chi connectivity index (χ0v) is 14.4. The number of likely N-dealkylation sites (N-methyl/N-ethyl adjacent to an activating group) is 1.